The summed E-state index contributed by atoms with van der Waals surface area (Å²) in [4.78, 5) is 25.0. The Hall–Kier alpha value is -1.10. The molecule has 0 spiro atoms. The zero-order chi connectivity index (χ0) is 30.9. The molecule has 0 aromatic heterocycles. The molecule has 0 aliphatic rings. The van der Waals surface area contributed by atoms with E-state index in [9.17, 15) is 9.59 Å². The first-order valence-corrected chi connectivity index (χ1v) is 18.5. The van der Waals surface area contributed by atoms with Gasteiger partial charge in [0.1, 0.15) is 12.7 Å². The molecule has 0 rings (SSSR count). The van der Waals surface area contributed by atoms with E-state index in [4.69, 9.17) is 14.2 Å². The summed E-state index contributed by atoms with van der Waals surface area (Å²) < 4.78 is 17.2. The van der Waals surface area contributed by atoms with Gasteiger partial charge in [-0.3, -0.25) is 9.59 Å². The van der Waals surface area contributed by atoms with E-state index in [2.05, 4.69) is 20.8 Å². The van der Waals surface area contributed by atoms with Crippen LogP contribution in [-0.2, 0) is 23.8 Å². The van der Waals surface area contributed by atoms with Gasteiger partial charge in [0.15, 0.2) is 0 Å². The van der Waals surface area contributed by atoms with Crippen LogP contribution >= 0.6 is 0 Å². The van der Waals surface area contributed by atoms with Crippen molar-refractivity contribution in [3.63, 3.8) is 0 Å². The Morgan fingerprint density at radius 3 is 1.31 bits per heavy atom. The van der Waals surface area contributed by atoms with Gasteiger partial charge in [-0.2, -0.15) is 0 Å². The minimum absolute atomic E-state index is 0.0401. The largest absolute Gasteiger partial charge is 0.462 e. The van der Waals surface area contributed by atoms with Gasteiger partial charge in [-0.25, -0.2) is 0 Å². The van der Waals surface area contributed by atoms with Crippen LogP contribution in [0, 0.1) is 0 Å². The molecule has 0 saturated heterocycles. The van der Waals surface area contributed by atoms with Crippen molar-refractivity contribution in [3.05, 3.63) is 0 Å². The summed E-state index contributed by atoms with van der Waals surface area (Å²) in [6.45, 7) is 9.50. The number of carbonyl (C=O) groups is 2. The van der Waals surface area contributed by atoms with Crippen molar-refractivity contribution in [3.8, 4) is 0 Å². The molecule has 0 aromatic rings. The Labute approximate surface area is 262 Å². The summed E-state index contributed by atoms with van der Waals surface area (Å²) in [5.74, 6) is -0.366. The topological polar surface area (TPSA) is 61.8 Å². The third kappa shape index (κ3) is 30.4. The zero-order valence-corrected chi connectivity index (χ0v) is 28.7. The van der Waals surface area contributed by atoms with E-state index in [1.54, 1.807) is 0 Å². The fourth-order valence-electron chi connectivity index (χ4n) is 5.39. The first-order chi connectivity index (χ1) is 20.5. The first-order valence-electron chi connectivity index (χ1n) is 18.5. The van der Waals surface area contributed by atoms with E-state index < -0.39 is 6.10 Å². The fourth-order valence-corrected chi connectivity index (χ4v) is 5.39. The lowest BCUT2D eigenvalue weighted by atomic mass is 10.1. The number of unbranched alkanes of at least 4 members (excludes halogenated alkanes) is 21. The molecule has 2 unspecified atom stereocenters. The van der Waals surface area contributed by atoms with Crippen molar-refractivity contribution in [2.24, 2.45) is 0 Å². The summed E-state index contributed by atoms with van der Waals surface area (Å²) >= 11 is 0. The number of carbonyl (C=O) groups excluding carboxylic acids is 2. The van der Waals surface area contributed by atoms with Crippen molar-refractivity contribution < 1.29 is 23.8 Å². The predicted octanol–water partition coefficient (Wildman–Crippen LogP) is 11.4. The lowest BCUT2D eigenvalue weighted by Gasteiger charge is -2.22. The molecule has 0 aliphatic carbocycles. The number of rotatable bonds is 33. The normalized spacial score (nSPS) is 12.8. The van der Waals surface area contributed by atoms with E-state index in [1.807, 2.05) is 6.92 Å². The van der Waals surface area contributed by atoms with Crippen LogP contribution in [0.2, 0.25) is 0 Å². The molecule has 0 amide bonds. The van der Waals surface area contributed by atoms with E-state index in [0.29, 0.717) is 25.9 Å². The van der Waals surface area contributed by atoms with Crippen molar-refractivity contribution in [1.29, 1.82) is 0 Å². The van der Waals surface area contributed by atoms with Crippen molar-refractivity contribution >= 4 is 11.9 Å². The van der Waals surface area contributed by atoms with E-state index in [0.717, 1.165) is 38.5 Å². The first kappa shape index (κ1) is 40.9. The second kappa shape index (κ2) is 32.8. The van der Waals surface area contributed by atoms with Crippen LogP contribution in [-0.4, -0.2) is 37.4 Å². The average Bonchev–Trinajstić information content (AvgIpc) is 2.97. The number of ether oxygens (including phenoxy) is 3. The van der Waals surface area contributed by atoms with Gasteiger partial charge in [-0.15, -0.1) is 0 Å². The molecular weight excluding hydrogens is 524 g/mol. The Kier molecular flexibility index (Phi) is 31.9. The summed E-state index contributed by atoms with van der Waals surface area (Å²) in [5, 5.41) is 0. The van der Waals surface area contributed by atoms with Gasteiger partial charge in [0.2, 0.25) is 0 Å². The Bertz CT molecular complexity index is 579. The van der Waals surface area contributed by atoms with Crippen LogP contribution in [0.3, 0.4) is 0 Å². The number of hydrogen-bond donors (Lipinski definition) is 0. The highest BCUT2D eigenvalue weighted by atomic mass is 16.6. The second-order valence-electron chi connectivity index (χ2n) is 12.6. The van der Waals surface area contributed by atoms with Gasteiger partial charge in [0.25, 0.3) is 0 Å². The SMILES string of the molecule is CCCCCCCCCCCCCC(=O)OCC(CC(C)OCCCC)OC(=O)CCCCCCCCCCCCC. The van der Waals surface area contributed by atoms with Gasteiger partial charge in [-0.05, 0) is 26.2 Å². The number of hydrogen-bond acceptors (Lipinski definition) is 5. The predicted molar refractivity (Wildman–Crippen MR) is 178 cm³/mol. The molecule has 0 aromatic carbocycles. The molecule has 0 saturated carbocycles. The highest BCUT2D eigenvalue weighted by Crippen LogP contribution is 2.15. The van der Waals surface area contributed by atoms with Crippen LogP contribution in [0.1, 0.15) is 201 Å². The lowest BCUT2D eigenvalue weighted by Crippen LogP contribution is -2.29. The molecule has 250 valence electrons. The second-order valence-corrected chi connectivity index (χ2v) is 12.6. The third-order valence-electron chi connectivity index (χ3n) is 8.19. The molecule has 5 heteroatoms. The quantitative estimate of drug-likeness (QED) is 0.0557. The van der Waals surface area contributed by atoms with E-state index in [1.165, 1.54) is 116 Å². The monoisotopic (exact) mass is 597 g/mol. The maximum atomic E-state index is 12.6. The lowest BCUT2D eigenvalue weighted by molar-refractivity contribution is -0.161. The molecule has 5 nitrogen and oxygen atoms in total. The molecular formula is C37H72O5. The Morgan fingerprint density at radius 2 is 0.881 bits per heavy atom. The highest BCUT2D eigenvalue weighted by Gasteiger charge is 2.20. The van der Waals surface area contributed by atoms with Gasteiger partial charge in [0.05, 0.1) is 6.10 Å². The van der Waals surface area contributed by atoms with Crippen LogP contribution < -0.4 is 0 Å². The van der Waals surface area contributed by atoms with Gasteiger partial charge in [0, 0.05) is 25.9 Å². The average molecular weight is 597 g/mol. The standard InChI is InChI=1S/C37H72O5/c1-5-8-11-13-15-17-19-21-23-25-27-29-36(38)41-33-35(32-34(4)40-31-10-7-3)42-37(39)30-28-26-24-22-20-18-16-14-12-9-6-2/h34-35H,5-33H2,1-4H3. The van der Waals surface area contributed by atoms with Crippen LogP contribution in [0.4, 0.5) is 0 Å². The highest BCUT2D eigenvalue weighted by molar-refractivity contribution is 5.70. The van der Waals surface area contributed by atoms with Crippen molar-refractivity contribution in [2.45, 2.75) is 213 Å². The molecule has 0 aliphatic heterocycles. The van der Waals surface area contributed by atoms with Gasteiger partial charge < -0.3 is 14.2 Å². The molecule has 0 heterocycles. The molecule has 2 atom stereocenters. The minimum atomic E-state index is -0.442. The fraction of sp³-hybridized carbons (Fsp3) is 0.946. The maximum absolute atomic E-state index is 12.6. The molecule has 0 fully saturated rings. The smallest absolute Gasteiger partial charge is 0.306 e. The summed E-state index contributed by atoms with van der Waals surface area (Å²) in [6.07, 6.45) is 30.7. The summed E-state index contributed by atoms with van der Waals surface area (Å²) in [7, 11) is 0. The molecule has 42 heavy (non-hydrogen) atoms. The Morgan fingerprint density at radius 1 is 0.500 bits per heavy atom. The van der Waals surface area contributed by atoms with Crippen molar-refractivity contribution in [1.82, 2.24) is 0 Å². The summed E-state index contributed by atoms with van der Waals surface area (Å²) in [6, 6.07) is 0. The summed E-state index contributed by atoms with van der Waals surface area (Å²) in [5.41, 5.74) is 0. The Balaban J connectivity index is 4.14. The molecule has 0 bridgehead atoms. The zero-order valence-electron chi connectivity index (χ0n) is 28.7. The minimum Gasteiger partial charge on any atom is -0.462 e. The third-order valence-corrected chi connectivity index (χ3v) is 8.19. The molecule has 0 radical (unpaired) electrons. The van der Waals surface area contributed by atoms with Crippen LogP contribution in [0.15, 0.2) is 0 Å². The van der Waals surface area contributed by atoms with Crippen LogP contribution in [0.5, 0.6) is 0 Å². The van der Waals surface area contributed by atoms with E-state index >= 15 is 0 Å². The number of esters is 2. The maximum Gasteiger partial charge on any atom is 0.306 e. The van der Waals surface area contributed by atoms with Crippen LogP contribution in [0.25, 0.3) is 0 Å². The van der Waals surface area contributed by atoms with Crippen molar-refractivity contribution in [2.75, 3.05) is 13.2 Å². The molecule has 0 N–H and O–H groups in total. The van der Waals surface area contributed by atoms with Gasteiger partial charge >= 0.3 is 11.9 Å². The van der Waals surface area contributed by atoms with Gasteiger partial charge in [-0.1, -0.05) is 156 Å². The van der Waals surface area contributed by atoms with E-state index in [-0.39, 0.29) is 24.6 Å².